The van der Waals surface area contributed by atoms with Crippen molar-refractivity contribution in [2.24, 2.45) is 0 Å². The molecule has 2 aromatic carbocycles. The number of carbonyl (C=O) groups excluding carboxylic acids is 1. The Kier molecular flexibility index (Phi) is 7.58. The van der Waals surface area contributed by atoms with Crippen LogP contribution in [0.25, 0.3) is 11.3 Å². The van der Waals surface area contributed by atoms with Gasteiger partial charge < -0.3 is 18.9 Å². The lowest BCUT2D eigenvalue weighted by Gasteiger charge is -2.21. The highest BCUT2D eigenvalue weighted by Gasteiger charge is 2.33. The third-order valence-electron chi connectivity index (χ3n) is 6.57. The molecule has 0 amide bonds. The van der Waals surface area contributed by atoms with Gasteiger partial charge in [0.05, 0.1) is 39.7 Å². The highest BCUT2D eigenvalue weighted by molar-refractivity contribution is 6.39. The van der Waals surface area contributed by atoms with Gasteiger partial charge in [-0.05, 0) is 55.7 Å². The number of nitrogens with zero attached hydrogens (tertiary/aromatic N) is 3. The molecule has 7 nitrogen and oxygen atoms in total. The van der Waals surface area contributed by atoms with Gasteiger partial charge in [0.15, 0.2) is 0 Å². The predicted molar refractivity (Wildman–Crippen MR) is 147 cm³/mol. The zero-order valence-electron chi connectivity index (χ0n) is 21.3. The number of methoxy groups -OCH3 is 1. The largest absolute Gasteiger partial charge is 0.473 e. The summed E-state index contributed by atoms with van der Waals surface area (Å²) in [4.78, 5) is 18.5. The van der Waals surface area contributed by atoms with Crippen molar-refractivity contribution in [1.29, 1.82) is 0 Å². The van der Waals surface area contributed by atoms with Crippen LogP contribution in [0.1, 0.15) is 51.7 Å². The summed E-state index contributed by atoms with van der Waals surface area (Å²) in [6.45, 7) is 2.83. The van der Waals surface area contributed by atoms with Crippen molar-refractivity contribution in [2.45, 2.75) is 38.8 Å². The van der Waals surface area contributed by atoms with Crippen LogP contribution in [-0.4, -0.2) is 30.3 Å². The fourth-order valence-corrected chi connectivity index (χ4v) is 5.01. The van der Waals surface area contributed by atoms with E-state index in [1.165, 1.54) is 7.11 Å². The minimum atomic E-state index is -0.349. The summed E-state index contributed by atoms with van der Waals surface area (Å²) in [6.07, 6.45) is 2.11. The first-order valence-electron chi connectivity index (χ1n) is 12.3. The van der Waals surface area contributed by atoms with Gasteiger partial charge in [-0.2, -0.15) is 0 Å². The first-order valence-corrected chi connectivity index (χ1v) is 13.0. The van der Waals surface area contributed by atoms with Crippen molar-refractivity contribution in [2.75, 3.05) is 19.1 Å². The van der Waals surface area contributed by atoms with Gasteiger partial charge in [-0.15, -0.1) is 0 Å². The number of esters is 1. The fraction of sp³-hybridized carbons (Fsp3) is 0.276. The summed E-state index contributed by atoms with van der Waals surface area (Å²) < 4.78 is 16.6. The molecule has 1 aliphatic rings. The summed E-state index contributed by atoms with van der Waals surface area (Å²) in [7, 11) is 3.37. The third-order valence-corrected chi connectivity index (χ3v) is 7.20. The van der Waals surface area contributed by atoms with Crippen molar-refractivity contribution in [3.05, 3.63) is 92.8 Å². The number of halogens is 2. The van der Waals surface area contributed by atoms with Crippen LogP contribution in [0.3, 0.4) is 0 Å². The molecule has 38 heavy (non-hydrogen) atoms. The fourth-order valence-electron chi connectivity index (χ4n) is 4.43. The predicted octanol–water partition coefficient (Wildman–Crippen LogP) is 7.23. The second kappa shape index (κ2) is 11.1. The van der Waals surface area contributed by atoms with E-state index in [0.29, 0.717) is 45.2 Å². The van der Waals surface area contributed by atoms with Crippen LogP contribution in [0.15, 0.2) is 59.1 Å². The highest BCUT2D eigenvalue weighted by Crippen LogP contribution is 2.46. The van der Waals surface area contributed by atoms with E-state index in [-0.39, 0.29) is 12.6 Å². The maximum Gasteiger partial charge on any atom is 0.337 e. The number of ether oxygens (including phenoxy) is 2. The molecule has 5 rings (SSSR count). The van der Waals surface area contributed by atoms with Crippen molar-refractivity contribution in [1.82, 2.24) is 10.1 Å². The van der Waals surface area contributed by atoms with Gasteiger partial charge in [-0.1, -0.05) is 46.6 Å². The van der Waals surface area contributed by atoms with Gasteiger partial charge in [0.25, 0.3) is 0 Å². The molecule has 0 radical (unpaired) electrons. The van der Waals surface area contributed by atoms with Gasteiger partial charge >= 0.3 is 5.97 Å². The van der Waals surface area contributed by atoms with Crippen LogP contribution < -0.4 is 9.64 Å². The summed E-state index contributed by atoms with van der Waals surface area (Å²) in [5, 5.41) is 5.34. The highest BCUT2D eigenvalue weighted by atomic mass is 35.5. The van der Waals surface area contributed by atoms with Crippen molar-refractivity contribution < 1.29 is 18.8 Å². The van der Waals surface area contributed by atoms with Crippen molar-refractivity contribution in [3.63, 3.8) is 0 Å². The minimum absolute atomic E-state index is 0.236. The van der Waals surface area contributed by atoms with E-state index < -0.39 is 0 Å². The number of aromatic nitrogens is 2. The first kappa shape index (κ1) is 26.1. The molecule has 4 aromatic rings. The van der Waals surface area contributed by atoms with E-state index in [1.807, 2.05) is 38.2 Å². The quantitative estimate of drug-likeness (QED) is 0.203. The Morgan fingerprint density at radius 2 is 1.79 bits per heavy atom. The van der Waals surface area contributed by atoms with E-state index in [0.717, 1.165) is 41.1 Å². The average Bonchev–Trinajstić information content (AvgIpc) is 3.67. The molecule has 2 heterocycles. The number of hydrogen-bond acceptors (Lipinski definition) is 7. The van der Waals surface area contributed by atoms with Gasteiger partial charge in [0, 0.05) is 31.1 Å². The van der Waals surface area contributed by atoms with E-state index >= 15 is 0 Å². The van der Waals surface area contributed by atoms with E-state index in [4.69, 9.17) is 37.2 Å². The number of pyridine rings is 1. The molecule has 0 bridgehead atoms. The molecule has 0 atom stereocenters. The average molecular weight is 552 g/mol. The van der Waals surface area contributed by atoms with Crippen LogP contribution in [-0.2, 0) is 17.9 Å². The third kappa shape index (κ3) is 5.49. The Bertz CT molecular complexity index is 1450. The second-order valence-electron chi connectivity index (χ2n) is 9.33. The van der Waals surface area contributed by atoms with Gasteiger partial charge in [0.1, 0.15) is 18.1 Å². The zero-order valence-corrected chi connectivity index (χ0v) is 22.8. The summed E-state index contributed by atoms with van der Waals surface area (Å²) in [6, 6.07) is 16.6. The Hall–Kier alpha value is -3.55. The molecular weight excluding hydrogens is 525 g/mol. The number of carbonyl (C=O) groups is 1. The van der Waals surface area contributed by atoms with Gasteiger partial charge in [-0.25, -0.2) is 9.78 Å². The summed E-state index contributed by atoms with van der Waals surface area (Å²) in [5.74, 6) is 1.31. The number of aryl methyl sites for hydroxylation is 1. The molecule has 1 saturated carbocycles. The molecule has 9 heteroatoms. The van der Waals surface area contributed by atoms with Crippen molar-refractivity contribution in [3.8, 4) is 17.1 Å². The number of rotatable bonds is 9. The second-order valence-corrected chi connectivity index (χ2v) is 10.1. The Balaban J connectivity index is 1.31. The van der Waals surface area contributed by atoms with Gasteiger partial charge in [-0.3, -0.25) is 0 Å². The molecule has 2 aromatic heterocycles. The van der Waals surface area contributed by atoms with Crippen LogP contribution in [0.5, 0.6) is 5.88 Å². The lowest BCUT2D eigenvalue weighted by Crippen LogP contribution is -2.18. The molecule has 0 spiro atoms. The molecule has 196 valence electrons. The summed E-state index contributed by atoms with van der Waals surface area (Å²) >= 11 is 12.9. The molecule has 0 N–H and O–H groups in total. The Labute approximate surface area is 231 Å². The smallest absolute Gasteiger partial charge is 0.337 e. The minimum Gasteiger partial charge on any atom is -0.473 e. The maximum absolute atomic E-state index is 11.7. The molecule has 0 saturated heterocycles. The van der Waals surface area contributed by atoms with Gasteiger partial charge in [0.2, 0.25) is 5.88 Å². The number of benzene rings is 2. The Morgan fingerprint density at radius 3 is 2.42 bits per heavy atom. The molecule has 1 fully saturated rings. The summed E-state index contributed by atoms with van der Waals surface area (Å²) in [5.41, 5.74) is 5.49. The normalized spacial score (nSPS) is 12.9. The standard InChI is InChI=1S/C29H27Cl2N3O4/c1-17-24(34(2)15-18-7-9-20(10-8-18)29(35)36-3)13-14-25(32-17)37-16-21-27(33-38-28(21)19-11-12-19)26-22(30)5-4-6-23(26)31/h4-10,13-14,19H,11-12,15-16H2,1-3H3. The number of anilines is 1. The van der Waals surface area contributed by atoms with Crippen LogP contribution in [0.2, 0.25) is 10.0 Å². The van der Waals surface area contributed by atoms with Crippen LogP contribution in [0, 0.1) is 6.92 Å². The zero-order chi connectivity index (χ0) is 26.8. The molecule has 0 aliphatic heterocycles. The van der Waals surface area contributed by atoms with E-state index in [9.17, 15) is 4.79 Å². The van der Waals surface area contributed by atoms with E-state index in [2.05, 4.69) is 15.0 Å². The monoisotopic (exact) mass is 551 g/mol. The van der Waals surface area contributed by atoms with Crippen LogP contribution >= 0.6 is 23.2 Å². The van der Waals surface area contributed by atoms with Crippen LogP contribution in [0.4, 0.5) is 5.69 Å². The van der Waals surface area contributed by atoms with E-state index in [1.54, 1.807) is 30.3 Å². The SMILES string of the molecule is COC(=O)c1ccc(CN(C)c2ccc(OCc3c(-c4c(Cl)cccc4Cl)noc3C3CC3)nc2C)cc1. The molecule has 1 aliphatic carbocycles. The molecule has 0 unspecified atom stereocenters. The first-order chi connectivity index (χ1) is 18.4. The topological polar surface area (TPSA) is 77.7 Å². The lowest BCUT2D eigenvalue weighted by molar-refractivity contribution is 0.0600. The maximum atomic E-state index is 11.7. The van der Waals surface area contributed by atoms with Crippen molar-refractivity contribution >= 4 is 34.9 Å². The lowest BCUT2D eigenvalue weighted by atomic mass is 10.0. The Morgan fingerprint density at radius 1 is 1.08 bits per heavy atom. The number of hydrogen-bond donors (Lipinski definition) is 0. The molecular formula is C29H27Cl2N3O4.